The molecule has 4 heteroatoms. The largest absolute Gasteiger partial charge is 0.384 e. The lowest BCUT2D eigenvalue weighted by molar-refractivity contribution is 0.0543. The summed E-state index contributed by atoms with van der Waals surface area (Å²) in [5.74, 6) is 0. The predicted octanol–water partition coefficient (Wildman–Crippen LogP) is 2.60. The monoisotopic (exact) mass is 287 g/mol. The molecule has 0 saturated carbocycles. The number of hydrogen-bond donors (Lipinski definition) is 2. The Morgan fingerprint density at radius 1 is 1.29 bits per heavy atom. The highest BCUT2D eigenvalue weighted by Crippen LogP contribution is 2.23. The molecule has 2 N–H and O–H groups in total. The Morgan fingerprint density at radius 3 is 2.43 bits per heavy atom. The molecule has 2 atom stereocenters. The Morgan fingerprint density at radius 2 is 1.90 bits per heavy atom. The van der Waals surface area contributed by atoms with Gasteiger partial charge in [-0.15, -0.1) is 0 Å². The van der Waals surface area contributed by atoms with Crippen molar-refractivity contribution in [1.29, 1.82) is 0 Å². The molecule has 1 heterocycles. The van der Waals surface area contributed by atoms with E-state index in [0.29, 0.717) is 6.54 Å². The van der Waals surface area contributed by atoms with Gasteiger partial charge in [-0.1, -0.05) is 30.3 Å². The number of hydrogen-bond acceptors (Lipinski definition) is 3. The molecule has 4 nitrogen and oxygen atoms in total. The lowest BCUT2D eigenvalue weighted by Crippen LogP contribution is -2.36. The molecule has 1 aromatic carbocycles. The molecule has 0 aliphatic rings. The van der Waals surface area contributed by atoms with Gasteiger partial charge in [-0.2, -0.15) is 5.10 Å². The van der Waals surface area contributed by atoms with E-state index in [2.05, 4.69) is 24.3 Å². The molecule has 0 bridgehead atoms. The van der Waals surface area contributed by atoms with Crippen molar-refractivity contribution < 1.29 is 5.11 Å². The molecule has 0 aliphatic heterocycles. The van der Waals surface area contributed by atoms with Crippen LogP contribution in [0.15, 0.2) is 30.3 Å². The van der Waals surface area contributed by atoms with Crippen LogP contribution in [0.1, 0.15) is 42.4 Å². The van der Waals surface area contributed by atoms with E-state index >= 15 is 0 Å². The SMILES string of the molecule is Cc1nn(C)c(C)c1C(C)NCC(C)(O)c1ccccc1. The predicted molar refractivity (Wildman–Crippen MR) is 85.1 cm³/mol. The summed E-state index contributed by atoms with van der Waals surface area (Å²) in [5.41, 5.74) is 3.44. The van der Waals surface area contributed by atoms with Crippen LogP contribution in [-0.4, -0.2) is 21.4 Å². The highest BCUT2D eigenvalue weighted by Gasteiger charge is 2.24. The zero-order chi connectivity index (χ0) is 15.6. The number of aryl methyl sites for hydroxylation is 2. The van der Waals surface area contributed by atoms with E-state index in [4.69, 9.17) is 0 Å². The third-order valence-corrected chi connectivity index (χ3v) is 4.15. The lowest BCUT2D eigenvalue weighted by Gasteiger charge is -2.26. The number of nitrogens with one attached hydrogen (secondary N) is 1. The van der Waals surface area contributed by atoms with Gasteiger partial charge in [0.2, 0.25) is 0 Å². The fourth-order valence-corrected chi connectivity index (χ4v) is 2.77. The van der Waals surface area contributed by atoms with Gasteiger partial charge in [0, 0.05) is 30.9 Å². The lowest BCUT2D eigenvalue weighted by atomic mass is 9.95. The van der Waals surface area contributed by atoms with Gasteiger partial charge in [-0.05, 0) is 33.3 Å². The van der Waals surface area contributed by atoms with E-state index in [0.717, 1.165) is 17.0 Å². The maximum Gasteiger partial charge on any atom is 0.0992 e. The van der Waals surface area contributed by atoms with Crippen molar-refractivity contribution in [3.8, 4) is 0 Å². The summed E-state index contributed by atoms with van der Waals surface area (Å²) in [6.45, 7) is 8.54. The molecular formula is C17H25N3O. The van der Waals surface area contributed by atoms with Crippen LogP contribution in [-0.2, 0) is 12.6 Å². The van der Waals surface area contributed by atoms with E-state index in [1.165, 1.54) is 5.56 Å². The Balaban J connectivity index is 2.09. The van der Waals surface area contributed by atoms with Crippen molar-refractivity contribution in [2.24, 2.45) is 7.05 Å². The van der Waals surface area contributed by atoms with E-state index in [1.54, 1.807) is 0 Å². The van der Waals surface area contributed by atoms with Crippen LogP contribution in [0.2, 0.25) is 0 Å². The van der Waals surface area contributed by atoms with Gasteiger partial charge >= 0.3 is 0 Å². The highest BCUT2D eigenvalue weighted by molar-refractivity contribution is 5.28. The molecule has 21 heavy (non-hydrogen) atoms. The molecule has 0 spiro atoms. The van der Waals surface area contributed by atoms with Crippen LogP contribution in [0.4, 0.5) is 0 Å². The fraction of sp³-hybridized carbons (Fsp3) is 0.471. The summed E-state index contributed by atoms with van der Waals surface area (Å²) < 4.78 is 1.90. The smallest absolute Gasteiger partial charge is 0.0992 e. The van der Waals surface area contributed by atoms with Crippen LogP contribution in [0.5, 0.6) is 0 Å². The summed E-state index contributed by atoms with van der Waals surface area (Å²) in [4.78, 5) is 0. The molecule has 2 aromatic rings. The van der Waals surface area contributed by atoms with Gasteiger partial charge in [0.25, 0.3) is 0 Å². The minimum absolute atomic E-state index is 0.147. The zero-order valence-corrected chi connectivity index (χ0v) is 13.5. The minimum Gasteiger partial charge on any atom is -0.384 e. The Kier molecular flexibility index (Phi) is 4.49. The van der Waals surface area contributed by atoms with Gasteiger partial charge in [-0.3, -0.25) is 4.68 Å². The van der Waals surface area contributed by atoms with Gasteiger partial charge in [0.15, 0.2) is 0 Å². The molecule has 0 radical (unpaired) electrons. The number of aliphatic hydroxyl groups is 1. The molecule has 0 saturated heterocycles. The normalized spacial score (nSPS) is 15.7. The summed E-state index contributed by atoms with van der Waals surface area (Å²) in [7, 11) is 1.96. The average molecular weight is 287 g/mol. The first kappa shape index (κ1) is 15.7. The molecular weight excluding hydrogens is 262 g/mol. The van der Waals surface area contributed by atoms with E-state index in [9.17, 15) is 5.11 Å². The van der Waals surface area contributed by atoms with E-state index in [-0.39, 0.29) is 6.04 Å². The van der Waals surface area contributed by atoms with Gasteiger partial charge < -0.3 is 10.4 Å². The second-order valence-corrected chi connectivity index (χ2v) is 5.95. The van der Waals surface area contributed by atoms with Crippen molar-refractivity contribution in [2.45, 2.75) is 39.3 Å². The van der Waals surface area contributed by atoms with Gasteiger partial charge in [0.05, 0.1) is 11.3 Å². The first-order valence-electron chi connectivity index (χ1n) is 7.34. The zero-order valence-electron chi connectivity index (χ0n) is 13.5. The van der Waals surface area contributed by atoms with Crippen molar-refractivity contribution in [3.05, 3.63) is 52.8 Å². The standard InChI is InChI=1S/C17H25N3O/c1-12(16-13(2)19-20(5)14(16)3)18-11-17(4,21)15-9-7-6-8-10-15/h6-10,12,18,21H,11H2,1-5H3. The quantitative estimate of drug-likeness (QED) is 0.888. The van der Waals surface area contributed by atoms with Crippen LogP contribution in [0, 0.1) is 13.8 Å². The first-order chi connectivity index (χ1) is 9.83. The third-order valence-electron chi connectivity index (χ3n) is 4.15. The van der Waals surface area contributed by atoms with Gasteiger partial charge in [-0.25, -0.2) is 0 Å². The van der Waals surface area contributed by atoms with Crippen molar-refractivity contribution in [1.82, 2.24) is 15.1 Å². The minimum atomic E-state index is -0.889. The number of benzene rings is 1. The van der Waals surface area contributed by atoms with Crippen LogP contribution in [0.25, 0.3) is 0 Å². The average Bonchev–Trinajstić information content (AvgIpc) is 2.71. The van der Waals surface area contributed by atoms with E-state index < -0.39 is 5.60 Å². The van der Waals surface area contributed by atoms with Crippen LogP contribution < -0.4 is 5.32 Å². The summed E-state index contributed by atoms with van der Waals surface area (Å²) in [6.07, 6.45) is 0. The second-order valence-electron chi connectivity index (χ2n) is 5.95. The molecule has 0 fully saturated rings. The number of rotatable bonds is 5. The fourth-order valence-electron chi connectivity index (χ4n) is 2.77. The molecule has 2 rings (SSSR count). The third kappa shape index (κ3) is 3.34. The molecule has 0 amide bonds. The molecule has 1 aromatic heterocycles. The van der Waals surface area contributed by atoms with Crippen molar-refractivity contribution >= 4 is 0 Å². The molecule has 0 aliphatic carbocycles. The highest BCUT2D eigenvalue weighted by atomic mass is 16.3. The Hall–Kier alpha value is -1.65. The number of aromatic nitrogens is 2. The summed E-state index contributed by atoms with van der Waals surface area (Å²) in [5, 5.41) is 18.5. The number of nitrogens with zero attached hydrogens (tertiary/aromatic N) is 2. The Labute approximate surface area is 126 Å². The van der Waals surface area contributed by atoms with Gasteiger partial charge in [0.1, 0.15) is 0 Å². The summed E-state index contributed by atoms with van der Waals surface area (Å²) in [6, 6.07) is 9.90. The Bertz CT molecular complexity index is 602. The van der Waals surface area contributed by atoms with Crippen LogP contribution in [0.3, 0.4) is 0 Å². The maximum atomic E-state index is 10.6. The van der Waals surface area contributed by atoms with E-state index in [1.807, 2.05) is 55.9 Å². The summed E-state index contributed by atoms with van der Waals surface area (Å²) >= 11 is 0. The molecule has 2 unspecified atom stereocenters. The molecule has 114 valence electrons. The topological polar surface area (TPSA) is 50.1 Å². The maximum absolute atomic E-state index is 10.6. The van der Waals surface area contributed by atoms with Crippen molar-refractivity contribution in [3.63, 3.8) is 0 Å². The second kappa shape index (κ2) is 6.00. The first-order valence-corrected chi connectivity index (χ1v) is 7.34. The van der Waals surface area contributed by atoms with Crippen LogP contribution >= 0.6 is 0 Å². The van der Waals surface area contributed by atoms with Crippen molar-refractivity contribution in [2.75, 3.05) is 6.54 Å².